The lowest BCUT2D eigenvalue weighted by Crippen LogP contribution is -2.57. The van der Waals surface area contributed by atoms with Crippen molar-refractivity contribution >= 4 is 21.9 Å². The van der Waals surface area contributed by atoms with Crippen LogP contribution in [0.15, 0.2) is 70.4 Å². The third kappa shape index (κ3) is 4.82. The summed E-state index contributed by atoms with van der Waals surface area (Å²) in [6.07, 6.45) is 5.76. The Hall–Kier alpha value is -3.32. The van der Waals surface area contributed by atoms with Crippen molar-refractivity contribution in [3.8, 4) is 0 Å². The number of hydrogen-bond donors (Lipinski definition) is 4. The van der Waals surface area contributed by atoms with Gasteiger partial charge in [0.05, 0.1) is 12.7 Å². The topological polar surface area (TPSA) is 90.7 Å². The molecule has 2 aliphatic carbocycles. The van der Waals surface area contributed by atoms with Crippen molar-refractivity contribution < 1.29 is 19.4 Å². The fraction of sp³-hybridized carbons (Fsp3) is 0.394. The average Bonchev–Trinajstić information content (AvgIpc) is 3.49. The third-order valence-corrected chi connectivity index (χ3v) is 8.28. The number of allylic oxidation sites excluding steroid dienone is 2. The number of aryl methyl sites for hydroxylation is 3. The number of hydrogen-bond acceptors (Lipinski definition) is 5. The molecule has 0 fully saturated rings. The number of H-pyrrole nitrogens is 1. The summed E-state index contributed by atoms with van der Waals surface area (Å²) >= 11 is 0. The minimum atomic E-state index is -0.974. The summed E-state index contributed by atoms with van der Waals surface area (Å²) in [4.78, 5) is 3.62. The molecule has 0 saturated heterocycles. The lowest BCUT2D eigenvalue weighted by molar-refractivity contribution is 0.0613. The molecule has 39 heavy (non-hydrogen) atoms. The first kappa shape index (κ1) is 25.9. The van der Waals surface area contributed by atoms with Gasteiger partial charge in [-0.3, -0.25) is 5.32 Å². The zero-order chi connectivity index (χ0) is 27.3. The van der Waals surface area contributed by atoms with Gasteiger partial charge in [0, 0.05) is 39.0 Å². The number of para-hydroxylation sites is 1. The van der Waals surface area contributed by atoms with Crippen molar-refractivity contribution in [2.24, 2.45) is 0 Å². The predicted molar refractivity (Wildman–Crippen MR) is 155 cm³/mol. The summed E-state index contributed by atoms with van der Waals surface area (Å²) in [6.45, 7) is 8.17. The highest BCUT2D eigenvalue weighted by atomic mass is 16.5. The molecule has 0 bridgehead atoms. The van der Waals surface area contributed by atoms with Gasteiger partial charge in [-0.25, -0.2) is 0 Å². The molecule has 3 atom stereocenters. The van der Waals surface area contributed by atoms with Gasteiger partial charge in [0.1, 0.15) is 23.3 Å². The van der Waals surface area contributed by atoms with E-state index in [0.717, 1.165) is 40.7 Å². The minimum absolute atomic E-state index is 0.0223. The Morgan fingerprint density at radius 1 is 1.18 bits per heavy atom. The Labute approximate surface area is 229 Å². The summed E-state index contributed by atoms with van der Waals surface area (Å²) in [6, 6.07) is 14.5. The molecule has 6 nitrogen and oxygen atoms in total. The third-order valence-electron chi connectivity index (χ3n) is 8.28. The van der Waals surface area contributed by atoms with Gasteiger partial charge in [-0.15, -0.1) is 0 Å². The minimum Gasteiger partial charge on any atom is -0.491 e. The molecular weight excluding hydrogens is 488 g/mol. The summed E-state index contributed by atoms with van der Waals surface area (Å²) in [5.74, 6) is 1.52. The van der Waals surface area contributed by atoms with Gasteiger partial charge < -0.3 is 24.4 Å². The summed E-state index contributed by atoms with van der Waals surface area (Å²) < 4.78 is 12.3. The number of aliphatic hydroxyl groups excluding tert-OH is 2. The quantitative estimate of drug-likeness (QED) is 0.219. The van der Waals surface area contributed by atoms with Crippen LogP contribution in [0.25, 0.3) is 21.9 Å². The van der Waals surface area contributed by atoms with Crippen LogP contribution in [0, 0.1) is 13.8 Å². The van der Waals surface area contributed by atoms with E-state index < -0.39 is 11.8 Å². The van der Waals surface area contributed by atoms with Gasteiger partial charge in [0.15, 0.2) is 0 Å². The second-order valence-electron chi connectivity index (χ2n) is 11.7. The number of rotatable bonds is 7. The van der Waals surface area contributed by atoms with Crippen LogP contribution >= 0.6 is 0 Å². The van der Waals surface area contributed by atoms with Gasteiger partial charge in [0.2, 0.25) is 0 Å². The first-order valence-electron chi connectivity index (χ1n) is 14.0. The molecule has 204 valence electrons. The fourth-order valence-corrected chi connectivity index (χ4v) is 6.45. The molecule has 0 saturated carbocycles. The van der Waals surface area contributed by atoms with E-state index in [1.54, 1.807) is 0 Å². The zero-order valence-electron chi connectivity index (χ0n) is 23.2. The van der Waals surface area contributed by atoms with E-state index in [4.69, 9.17) is 9.15 Å². The Morgan fingerprint density at radius 3 is 2.77 bits per heavy atom. The smallest absolute Gasteiger partial charge is 0.134 e. The van der Waals surface area contributed by atoms with Crippen LogP contribution in [0.5, 0.6) is 0 Å². The van der Waals surface area contributed by atoms with E-state index in [0.29, 0.717) is 18.6 Å². The number of furan rings is 1. The number of benzene rings is 2. The maximum Gasteiger partial charge on any atom is 0.134 e. The highest BCUT2D eigenvalue weighted by Gasteiger charge is 2.39. The summed E-state index contributed by atoms with van der Waals surface area (Å²) in [5, 5.41) is 28.1. The Morgan fingerprint density at radius 2 is 2.00 bits per heavy atom. The molecule has 2 aromatic heterocycles. The van der Waals surface area contributed by atoms with Crippen molar-refractivity contribution in [2.45, 2.75) is 77.2 Å². The lowest BCUT2D eigenvalue weighted by atomic mass is 9.79. The molecule has 3 unspecified atom stereocenters. The van der Waals surface area contributed by atoms with Gasteiger partial charge in [-0.2, -0.15) is 0 Å². The van der Waals surface area contributed by atoms with Crippen LogP contribution in [0.2, 0.25) is 0 Å². The second-order valence-corrected chi connectivity index (χ2v) is 11.7. The maximum atomic E-state index is 11.7. The van der Waals surface area contributed by atoms with Crippen molar-refractivity contribution in [3.63, 3.8) is 0 Å². The first-order chi connectivity index (χ1) is 18.7. The van der Waals surface area contributed by atoms with Gasteiger partial charge in [-0.05, 0) is 94.3 Å². The van der Waals surface area contributed by atoms with E-state index in [1.165, 1.54) is 27.8 Å². The van der Waals surface area contributed by atoms with Crippen LogP contribution in [0.4, 0.5) is 0 Å². The highest BCUT2D eigenvalue weighted by Crippen LogP contribution is 2.39. The highest BCUT2D eigenvalue weighted by molar-refractivity contribution is 5.89. The standard InChI is InChI=1S/C33H38N2O4/c1-19(2)38-29-10-9-23(30-16-22-7-5-6-8-28(22)39-30)15-24(29)32(37)35-33(18-36)12-11-26-25(17-33)31-21(4)13-20(3)14-27(31)34-26/h5-10,13-14,16,19,23,32,34-37H,11-12,15,17-18H2,1-4H3. The Kier molecular flexibility index (Phi) is 6.66. The van der Waals surface area contributed by atoms with E-state index in [9.17, 15) is 10.2 Å². The molecule has 2 aromatic carbocycles. The Balaban J connectivity index is 1.30. The molecule has 0 spiro atoms. The van der Waals surface area contributed by atoms with Crippen molar-refractivity contribution in [2.75, 3.05) is 6.61 Å². The van der Waals surface area contributed by atoms with Crippen molar-refractivity contribution in [1.29, 1.82) is 0 Å². The zero-order valence-corrected chi connectivity index (χ0v) is 23.2. The maximum absolute atomic E-state index is 11.7. The number of aromatic nitrogens is 1. The van der Waals surface area contributed by atoms with Crippen LogP contribution < -0.4 is 5.32 Å². The number of aliphatic hydroxyl groups is 2. The molecule has 4 N–H and O–H groups in total. The van der Waals surface area contributed by atoms with E-state index >= 15 is 0 Å². The van der Waals surface area contributed by atoms with Crippen molar-refractivity contribution in [3.05, 3.63) is 94.1 Å². The molecule has 0 aliphatic heterocycles. The lowest BCUT2D eigenvalue weighted by Gasteiger charge is -2.40. The van der Waals surface area contributed by atoms with Crippen molar-refractivity contribution in [1.82, 2.24) is 10.3 Å². The summed E-state index contributed by atoms with van der Waals surface area (Å²) in [7, 11) is 0. The SMILES string of the molecule is Cc1cc(C)c2c3c([nH]c2c1)CCC(CO)(NC(O)C1=C(OC(C)C)C=CC(c2cc4ccccc4o2)C1)C3. The first-order valence-corrected chi connectivity index (χ1v) is 14.0. The second kappa shape index (κ2) is 10.0. The van der Waals surface area contributed by atoms with E-state index in [2.05, 4.69) is 48.4 Å². The monoisotopic (exact) mass is 526 g/mol. The van der Waals surface area contributed by atoms with E-state index in [1.807, 2.05) is 44.2 Å². The molecule has 2 heterocycles. The van der Waals surface area contributed by atoms with Crippen LogP contribution in [-0.4, -0.2) is 39.7 Å². The van der Waals surface area contributed by atoms with Gasteiger partial charge in [0.25, 0.3) is 0 Å². The molecule has 6 heteroatoms. The van der Waals surface area contributed by atoms with Crippen LogP contribution in [0.1, 0.15) is 60.8 Å². The Bertz CT molecular complexity index is 1560. The largest absolute Gasteiger partial charge is 0.491 e. The van der Waals surface area contributed by atoms with E-state index in [-0.39, 0.29) is 18.6 Å². The molecule has 0 amide bonds. The molecule has 4 aromatic rings. The fourth-order valence-electron chi connectivity index (χ4n) is 6.45. The number of fused-ring (bicyclic) bond motifs is 4. The molecule has 0 radical (unpaired) electrons. The van der Waals surface area contributed by atoms with Crippen LogP contribution in [-0.2, 0) is 17.6 Å². The average molecular weight is 527 g/mol. The molecular formula is C33H38N2O4. The van der Waals surface area contributed by atoms with Gasteiger partial charge >= 0.3 is 0 Å². The number of aromatic amines is 1. The number of nitrogens with one attached hydrogen (secondary N) is 2. The van der Waals surface area contributed by atoms with Gasteiger partial charge in [-0.1, -0.05) is 30.3 Å². The normalized spacial score (nSPS) is 22.2. The van der Waals surface area contributed by atoms with Crippen LogP contribution in [0.3, 0.4) is 0 Å². The summed E-state index contributed by atoms with van der Waals surface area (Å²) in [5.41, 5.74) is 7.06. The molecule has 2 aliphatic rings. The number of ether oxygens (including phenoxy) is 1. The molecule has 6 rings (SSSR count). The predicted octanol–water partition coefficient (Wildman–Crippen LogP) is 6.08.